The summed E-state index contributed by atoms with van der Waals surface area (Å²) in [6.07, 6.45) is 1.75. The van der Waals surface area contributed by atoms with Gasteiger partial charge in [0.1, 0.15) is 5.69 Å². The van der Waals surface area contributed by atoms with E-state index in [-0.39, 0.29) is 0 Å². The minimum Gasteiger partial charge on any atom is -0.277 e. The van der Waals surface area contributed by atoms with E-state index in [0.29, 0.717) is 17.5 Å². The normalized spacial score (nSPS) is 10.8. The van der Waals surface area contributed by atoms with E-state index in [0.717, 1.165) is 11.4 Å². The van der Waals surface area contributed by atoms with Gasteiger partial charge in [0.2, 0.25) is 0 Å². The first-order valence-electron chi connectivity index (χ1n) is 6.70. The molecule has 21 heavy (non-hydrogen) atoms. The Morgan fingerprint density at radius 3 is 2.57 bits per heavy atom. The Hall–Kier alpha value is -2.20. The molecular formula is C16H15ClN4. The van der Waals surface area contributed by atoms with Crippen molar-refractivity contribution in [3.05, 3.63) is 59.5 Å². The molecule has 0 saturated carbocycles. The molecule has 0 spiro atoms. The maximum Gasteiger partial charge on any atom is 0.187 e. The lowest BCUT2D eigenvalue weighted by molar-refractivity contribution is 0.949. The van der Waals surface area contributed by atoms with Gasteiger partial charge in [0.05, 0.1) is 5.88 Å². The molecule has 0 radical (unpaired) electrons. The molecule has 5 heteroatoms. The van der Waals surface area contributed by atoms with Crippen LogP contribution >= 0.6 is 11.6 Å². The standard InChI is InChI=1S/C16H15ClN4/c1-11-6-7-13(9-12(11)2)21-15(10-17)19-20-16(21)14-5-3-4-8-18-14/h3-9H,10H2,1-2H3. The molecule has 1 aromatic carbocycles. The first-order chi connectivity index (χ1) is 10.2. The molecule has 0 fully saturated rings. The third-order valence-corrected chi connectivity index (χ3v) is 3.73. The zero-order chi connectivity index (χ0) is 14.8. The first kappa shape index (κ1) is 13.8. The monoisotopic (exact) mass is 298 g/mol. The predicted molar refractivity (Wildman–Crippen MR) is 83.6 cm³/mol. The molecule has 3 rings (SSSR count). The van der Waals surface area contributed by atoms with Gasteiger partial charge < -0.3 is 0 Å². The largest absolute Gasteiger partial charge is 0.277 e. The summed E-state index contributed by atoms with van der Waals surface area (Å²) in [5.41, 5.74) is 4.24. The van der Waals surface area contributed by atoms with Gasteiger partial charge in [-0.25, -0.2) is 0 Å². The number of aryl methyl sites for hydroxylation is 2. The number of nitrogens with zero attached hydrogens (tertiary/aromatic N) is 4. The minimum atomic E-state index is 0.298. The summed E-state index contributed by atoms with van der Waals surface area (Å²) < 4.78 is 1.96. The molecule has 4 nitrogen and oxygen atoms in total. The lowest BCUT2D eigenvalue weighted by Crippen LogP contribution is -2.03. The molecule has 0 amide bonds. The van der Waals surface area contributed by atoms with E-state index in [1.807, 2.05) is 28.8 Å². The Morgan fingerprint density at radius 2 is 1.90 bits per heavy atom. The van der Waals surface area contributed by atoms with Gasteiger partial charge in [-0.3, -0.25) is 9.55 Å². The second kappa shape index (κ2) is 5.66. The third-order valence-electron chi connectivity index (χ3n) is 3.49. The van der Waals surface area contributed by atoms with Crippen molar-refractivity contribution in [3.8, 4) is 17.2 Å². The van der Waals surface area contributed by atoms with E-state index >= 15 is 0 Å². The van der Waals surface area contributed by atoms with Crippen LogP contribution in [0.15, 0.2) is 42.6 Å². The molecule has 0 atom stereocenters. The number of hydrogen-bond donors (Lipinski definition) is 0. The SMILES string of the molecule is Cc1ccc(-n2c(CCl)nnc2-c2ccccn2)cc1C. The number of rotatable bonds is 3. The highest BCUT2D eigenvalue weighted by Gasteiger charge is 2.15. The first-order valence-corrected chi connectivity index (χ1v) is 7.23. The maximum atomic E-state index is 6.01. The highest BCUT2D eigenvalue weighted by Crippen LogP contribution is 2.23. The van der Waals surface area contributed by atoms with Gasteiger partial charge in [0, 0.05) is 11.9 Å². The van der Waals surface area contributed by atoms with Crippen LogP contribution in [0.2, 0.25) is 0 Å². The van der Waals surface area contributed by atoms with Crippen molar-refractivity contribution in [3.63, 3.8) is 0 Å². The van der Waals surface area contributed by atoms with Gasteiger partial charge in [-0.1, -0.05) is 12.1 Å². The summed E-state index contributed by atoms with van der Waals surface area (Å²) in [7, 11) is 0. The lowest BCUT2D eigenvalue weighted by atomic mass is 10.1. The van der Waals surface area contributed by atoms with E-state index in [4.69, 9.17) is 11.6 Å². The number of hydrogen-bond acceptors (Lipinski definition) is 3. The van der Waals surface area contributed by atoms with Crippen LogP contribution < -0.4 is 0 Å². The number of alkyl halides is 1. The quantitative estimate of drug-likeness (QED) is 0.693. The average molecular weight is 299 g/mol. The zero-order valence-electron chi connectivity index (χ0n) is 11.9. The number of benzene rings is 1. The zero-order valence-corrected chi connectivity index (χ0v) is 12.7. The third kappa shape index (κ3) is 2.54. The molecule has 2 aromatic heterocycles. The predicted octanol–water partition coefficient (Wildman–Crippen LogP) is 3.68. The van der Waals surface area contributed by atoms with Crippen LogP contribution in [0.4, 0.5) is 0 Å². The van der Waals surface area contributed by atoms with Gasteiger partial charge in [-0.05, 0) is 49.2 Å². The second-order valence-electron chi connectivity index (χ2n) is 4.89. The van der Waals surface area contributed by atoms with E-state index in [1.54, 1.807) is 6.20 Å². The summed E-state index contributed by atoms with van der Waals surface area (Å²) in [5, 5.41) is 8.43. The fourth-order valence-corrected chi connectivity index (χ4v) is 2.37. The minimum absolute atomic E-state index is 0.298. The van der Waals surface area contributed by atoms with Crippen molar-refractivity contribution < 1.29 is 0 Å². The van der Waals surface area contributed by atoms with E-state index in [9.17, 15) is 0 Å². The van der Waals surface area contributed by atoms with Gasteiger partial charge >= 0.3 is 0 Å². The summed E-state index contributed by atoms with van der Waals surface area (Å²) in [6, 6.07) is 12.0. The van der Waals surface area contributed by atoms with E-state index in [1.165, 1.54) is 11.1 Å². The van der Waals surface area contributed by atoms with Crippen molar-refractivity contribution in [2.24, 2.45) is 0 Å². The molecule has 0 bridgehead atoms. The van der Waals surface area contributed by atoms with Crippen LogP contribution in [-0.2, 0) is 5.88 Å². The van der Waals surface area contributed by atoms with E-state index < -0.39 is 0 Å². The smallest absolute Gasteiger partial charge is 0.187 e. The molecule has 0 saturated heterocycles. The summed E-state index contributed by atoms with van der Waals surface area (Å²) in [6.45, 7) is 4.18. The molecule has 106 valence electrons. The van der Waals surface area contributed by atoms with Crippen molar-refractivity contribution in [2.45, 2.75) is 19.7 Å². The van der Waals surface area contributed by atoms with Crippen LogP contribution in [0.3, 0.4) is 0 Å². The van der Waals surface area contributed by atoms with Gasteiger partial charge in [0.25, 0.3) is 0 Å². The average Bonchev–Trinajstić information content (AvgIpc) is 2.95. The second-order valence-corrected chi connectivity index (χ2v) is 5.16. The van der Waals surface area contributed by atoms with Crippen molar-refractivity contribution in [2.75, 3.05) is 0 Å². The summed E-state index contributed by atoms with van der Waals surface area (Å²) in [4.78, 5) is 4.36. The lowest BCUT2D eigenvalue weighted by Gasteiger charge is -2.11. The Morgan fingerprint density at radius 1 is 1.05 bits per heavy atom. The van der Waals surface area contributed by atoms with Gasteiger partial charge in [-0.2, -0.15) is 0 Å². The maximum absolute atomic E-state index is 6.01. The van der Waals surface area contributed by atoms with Crippen LogP contribution in [0.5, 0.6) is 0 Å². The number of aromatic nitrogens is 4. The van der Waals surface area contributed by atoms with Crippen molar-refractivity contribution in [1.29, 1.82) is 0 Å². The Labute approximate surface area is 128 Å². The fraction of sp³-hybridized carbons (Fsp3) is 0.188. The van der Waals surface area contributed by atoms with Crippen LogP contribution in [0.1, 0.15) is 17.0 Å². The molecule has 3 aromatic rings. The van der Waals surface area contributed by atoms with Gasteiger partial charge in [0.15, 0.2) is 11.6 Å². The Bertz CT molecular complexity index is 765. The molecule has 0 unspecified atom stereocenters. The van der Waals surface area contributed by atoms with Crippen molar-refractivity contribution in [1.82, 2.24) is 19.7 Å². The fourth-order valence-electron chi connectivity index (χ4n) is 2.20. The molecule has 0 aliphatic heterocycles. The highest BCUT2D eigenvalue weighted by atomic mass is 35.5. The molecule has 0 aliphatic carbocycles. The summed E-state index contributed by atoms with van der Waals surface area (Å²) >= 11 is 6.01. The number of halogens is 1. The highest BCUT2D eigenvalue weighted by molar-refractivity contribution is 6.16. The molecule has 2 heterocycles. The number of pyridine rings is 1. The van der Waals surface area contributed by atoms with Crippen molar-refractivity contribution >= 4 is 11.6 Å². The van der Waals surface area contributed by atoms with Crippen LogP contribution in [-0.4, -0.2) is 19.7 Å². The van der Waals surface area contributed by atoms with Crippen LogP contribution in [0.25, 0.3) is 17.2 Å². The van der Waals surface area contributed by atoms with Crippen LogP contribution in [0, 0.1) is 13.8 Å². The van der Waals surface area contributed by atoms with E-state index in [2.05, 4.69) is 41.2 Å². The topological polar surface area (TPSA) is 43.6 Å². The Kier molecular flexibility index (Phi) is 3.71. The molecule has 0 aliphatic rings. The van der Waals surface area contributed by atoms with Gasteiger partial charge in [-0.15, -0.1) is 21.8 Å². The Balaban J connectivity index is 2.21. The molecule has 0 N–H and O–H groups in total. The summed E-state index contributed by atoms with van der Waals surface area (Å²) in [5.74, 6) is 1.71. The molecular weight excluding hydrogens is 284 g/mol.